The molecule has 0 spiro atoms. The zero-order valence-electron chi connectivity index (χ0n) is 8.80. The molecule has 17 heavy (non-hydrogen) atoms. The Labute approximate surface area is 114 Å². The van der Waals surface area contributed by atoms with Gasteiger partial charge in [0.25, 0.3) is 0 Å². The van der Waals surface area contributed by atoms with Crippen LogP contribution >= 0.6 is 34.8 Å². The van der Waals surface area contributed by atoms with Crippen LogP contribution in [0.25, 0.3) is 0 Å². The molecule has 2 rings (SSSR count). The molecule has 0 bridgehead atoms. The van der Waals surface area contributed by atoms with E-state index in [0.717, 1.165) is 11.4 Å². The van der Waals surface area contributed by atoms with Gasteiger partial charge in [0.15, 0.2) is 0 Å². The summed E-state index contributed by atoms with van der Waals surface area (Å²) in [6, 6.07) is 3.42. The van der Waals surface area contributed by atoms with Crippen molar-refractivity contribution in [1.82, 2.24) is 15.3 Å². The molecule has 0 saturated carbocycles. The first kappa shape index (κ1) is 12.7. The second-order valence-corrected chi connectivity index (χ2v) is 4.65. The van der Waals surface area contributed by atoms with Gasteiger partial charge in [-0.2, -0.15) is 0 Å². The van der Waals surface area contributed by atoms with Crippen molar-refractivity contribution in [3.05, 3.63) is 51.0 Å². The summed E-state index contributed by atoms with van der Waals surface area (Å²) in [6.45, 7) is 1.16. The highest BCUT2D eigenvalue weighted by Crippen LogP contribution is 2.31. The van der Waals surface area contributed by atoms with E-state index in [1.165, 1.54) is 0 Å². The molecule has 1 aromatic carbocycles. The van der Waals surface area contributed by atoms with Crippen LogP contribution in [-0.4, -0.2) is 9.97 Å². The van der Waals surface area contributed by atoms with E-state index in [9.17, 15) is 0 Å². The van der Waals surface area contributed by atoms with E-state index in [2.05, 4.69) is 15.3 Å². The first-order chi connectivity index (χ1) is 8.18. The largest absolute Gasteiger partial charge is 0.348 e. The van der Waals surface area contributed by atoms with Gasteiger partial charge in [-0.25, -0.2) is 4.98 Å². The van der Waals surface area contributed by atoms with Crippen molar-refractivity contribution >= 4 is 34.8 Å². The van der Waals surface area contributed by atoms with Crippen LogP contribution in [0, 0.1) is 0 Å². The summed E-state index contributed by atoms with van der Waals surface area (Å²) < 4.78 is 0. The molecule has 0 aliphatic heterocycles. The summed E-state index contributed by atoms with van der Waals surface area (Å²) in [4.78, 5) is 7.10. The summed E-state index contributed by atoms with van der Waals surface area (Å²) in [5, 5.41) is 4.79. The molecule has 0 aliphatic carbocycles. The Balaban J connectivity index is 2.01. The number of nitrogens with one attached hydrogen (secondary N) is 2. The van der Waals surface area contributed by atoms with E-state index in [0.29, 0.717) is 28.2 Å². The molecular formula is C11H10Cl3N3. The molecule has 1 aromatic heterocycles. The van der Waals surface area contributed by atoms with Gasteiger partial charge in [0.2, 0.25) is 0 Å². The number of imidazole rings is 1. The average molecular weight is 291 g/mol. The Bertz CT molecular complexity index is 497. The molecule has 0 atom stereocenters. The molecule has 0 radical (unpaired) electrons. The van der Waals surface area contributed by atoms with Gasteiger partial charge in [-0.15, -0.1) is 0 Å². The molecule has 0 saturated heterocycles. The molecular weight excluding hydrogens is 281 g/mol. The standard InChI is InChI=1S/C11H10Cl3N3/c12-8-1-2-9(13)11(14)7(8)5-15-6-10-16-3-4-17-10/h1-4,15H,5-6H2,(H,16,17). The van der Waals surface area contributed by atoms with Crippen LogP contribution in [0.2, 0.25) is 15.1 Å². The average Bonchev–Trinajstić information content (AvgIpc) is 2.81. The van der Waals surface area contributed by atoms with Gasteiger partial charge in [0.05, 0.1) is 16.6 Å². The number of nitrogens with zero attached hydrogens (tertiary/aromatic N) is 1. The van der Waals surface area contributed by atoms with E-state index in [-0.39, 0.29) is 0 Å². The lowest BCUT2D eigenvalue weighted by Crippen LogP contribution is -2.14. The zero-order chi connectivity index (χ0) is 12.3. The second-order valence-electron chi connectivity index (χ2n) is 3.46. The second kappa shape index (κ2) is 5.74. The fraction of sp³-hybridized carbons (Fsp3) is 0.182. The maximum absolute atomic E-state index is 6.08. The molecule has 1 heterocycles. The van der Waals surface area contributed by atoms with Crippen LogP contribution in [0.1, 0.15) is 11.4 Å². The zero-order valence-corrected chi connectivity index (χ0v) is 11.1. The number of H-pyrrole nitrogens is 1. The third kappa shape index (κ3) is 3.13. The Morgan fingerprint density at radius 3 is 2.59 bits per heavy atom. The predicted molar refractivity (Wildman–Crippen MR) is 70.6 cm³/mol. The highest BCUT2D eigenvalue weighted by molar-refractivity contribution is 6.44. The van der Waals surface area contributed by atoms with E-state index in [1.807, 2.05) is 0 Å². The van der Waals surface area contributed by atoms with Crippen molar-refractivity contribution in [1.29, 1.82) is 0 Å². The maximum Gasteiger partial charge on any atom is 0.120 e. The monoisotopic (exact) mass is 289 g/mol. The summed E-state index contributed by atoms with van der Waals surface area (Å²) in [7, 11) is 0. The molecule has 0 unspecified atom stereocenters. The minimum atomic E-state index is 0.492. The topological polar surface area (TPSA) is 40.7 Å². The Kier molecular flexibility index (Phi) is 4.29. The van der Waals surface area contributed by atoms with E-state index < -0.39 is 0 Å². The fourth-order valence-corrected chi connectivity index (χ4v) is 2.11. The van der Waals surface area contributed by atoms with Gasteiger partial charge in [0, 0.05) is 29.5 Å². The van der Waals surface area contributed by atoms with Gasteiger partial charge in [0.1, 0.15) is 5.82 Å². The first-order valence-corrected chi connectivity index (χ1v) is 6.13. The number of benzene rings is 1. The molecule has 0 fully saturated rings. The van der Waals surface area contributed by atoms with Gasteiger partial charge >= 0.3 is 0 Å². The highest BCUT2D eigenvalue weighted by Gasteiger charge is 2.09. The molecule has 6 heteroatoms. The molecule has 90 valence electrons. The Morgan fingerprint density at radius 2 is 1.88 bits per heavy atom. The number of aromatic nitrogens is 2. The lowest BCUT2D eigenvalue weighted by atomic mass is 10.2. The molecule has 3 nitrogen and oxygen atoms in total. The van der Waals surface area contributed by atoms with E-state index >= 15 is 0 Å². The Hall–Kier alpha value is -0.740. The number of rotatable bonds is 4. The minimum Gasteiger partial charge on any atom is -0.348 e. The van der Waals surface area contributed by atoms with Gasteiger partial charge < -0.3 is 10.3 Å². The summed E-state index contributed by atoms with van der Waals surface area (Å²) in [5.41, 5.74) is 0.799. The lowest BCUT2D eigenvalue weighted by Gasteiger charge is -2.09. The van der Waals surface area contributed by atoms with Crippen molar-refractivity contribution in [2.45, 2.75) is 13.1 Å². The van der Waals surface area contributed by atoms with E-state index in [4.69, 9.17) is 34.8 Å². The molecule has 0 aliphatic rings. The summed E-state index contributed by atoms with van der Waals surface area (Å²) >= 11 is 18.1. The summed E-state index contributed by atoms with van der Waals surface area (Å²) in [5.74, 6) is 0.860. The molecule has 2 N–H and O–H groups in total. The van der Waals surface area contributed by atoms with Gasteiger partial charge in [-0.1, -0.05) is 34.8 Å². The van der Waals surface area contributed by atoms with Crippen LogP contribution in [0.4, 0.5) is 0 Å². The van der Waals surface area contributed by atoms with Crippen LogP contribution in [0.15, 0.2) is 24.5 Å². The van der Waals surface area contributed by atoms with Crippen molar-refractivity contribution in [2.75, 3.05) is 0 Å². The van der Waals surface area contributed by atoms with Crippen molar-refractivity contribution in [3.63, 3.8) is 0 Å². The number of hydrogen-bond donors (Lipinski definition) is 2. The summed E-state index contributed by atoms with van der Waals surface area (Å²) in [6.07, 6.45) is 3.48. The predicted octanol–water partition coefficient (Wildman–Crippen LogP) is 3.66. The number of halogens is 3. The van der Waals surface area contributed by atoms with Gasteiger partial charge in [-0.05, 0) is 12.1 Å². The van der Waals surface area contributed by atoms with Crippen LogP contribution in [0.5, 0.6) is 0 Å². The molecule has 2 aromatic rings. The highest BCUT2D eigenvalue weighted by atomic mass is 35.5. The quantitative estimate of drug-likeness (QED) is 0.844. The Morgan fingerprint density at radius 1 is 1.12 bits per heavy atom. The minimum absolute atomic E-state index is 0.492. The van der Waals surface area contributed by atoms with Crippen LogP contribution < -0.4 is 5.32 Å². The van der Waals surface area contributed by atoms with E-state index in [1.54, 1.807) is 24.5 Å². The maximum atomic E-state index is 6.08. The fourth-order valence-electron chi connectivity index (χ4n) is 1.43. The lowest BCUT2D eigenvalue weighted by molar-refractivity contribution is 0.669. The van der Waals surface area contributed by atoms with Crippen molar-refractivity contribution in [3.8, 4) is 0 Å². The normalized spacial score (nSPS) is 10.8. The van der Waals surface area contributed by atoms with Crippen LogP contribution in [-0.2, 0) is 13.1 Å². The number of hydrogen-bond acceptors (Lipinski definition) is 2. The number of aromatic amines is 1. The van der Waals surface area contributed by atoms with Crippen molar-refractivity contribution in [2.24, 2.45) is 0 Å². The third-order valence-corrected chi connectivity index (χ3v) is 3.49. The smallest absolute Gasteiger partial charge is 0.120 e. The van der Waals surface area contributed by atoms with Crippen LogP contribution in [0.3, 0.4) is 0 Å². The SMILES string of the molecule is Clc1ccc(Cl)c(CNCc2ncc[nH]2)c1Cl. The van der Waals surface area contributed by atoms with Gasteiger partial charge in [-0.3, -0.25) is 0 Å². The first-order valence-electron chi connectivity index (χ1n) is 5.00. The molecule has 0 amide bonds. The van der Waals surface area contributed by atoms with Crippen molar-refractivity contribution < 1.29 is 0 Å². The third-order valence-electron chi connectivity index (χ3n) is 2.29.